The molecule has 4 aromatic rings. The van der Waals surface area contributed by atoms with Gasteiger partial charge in [0.1, 0.15) is 17.9 Å². The first kappa shape index (κ1) is 20.2. The first-order valence-corrected chi connectivity index (χ1v) is 10.0. The maximum absolute atomic E-state index is 13.4. The number of halogens is 3. The number of oxazole rings is 1. The molecule has 0 bridgehead atoms. The molecule has 1 N–H and O–H groups in total. The molecule has 1 aliphatic carbocycles. The van der Waals surface area contributed by atoms with Crippen LogP contribution in [0.5, 0.6) is 0 Å². The van der Waals surface area contributed by atoms with Crippen molar-refractivity contribution in [1.82, 2.24) is 24.9 Å². The van der Waals surface area contributed by atoms with Crippen LogP contribution in [0.2, 0.25) is 0 Å². The summed E-state index contributed by atoms with van der Waals surface area (Å²) in [5.74, 6) is -0.969. The molecule has 1 atom stereocenters. The number of amides is 1. The molecule has 7 nitrogen and oxygen atoms in total. The van der Waals surface area contributed by atoms with Gasteiger partial charge in [0.15, 0.2) is 5.65 Å². The number of aromatic nitrogens is 4. The Morgan fingerprint density at radius 2 is 2.03 bits per heavy atom. The van der Waals surface area contributed by atoms with Crippen molar-refractivity contribution in [2.45, 2.75) is 32.0 Å². The number of carbonyl (C=O) groups is 1. The van der Waals surface area contributed by atoms with Crippen molar-refractivity contribution in [1.29, 1.82) is 0 Å². The summed E-state index contributed by atoms with van der Waals surface area (Å²) >= 11 is 0. The minimum absolute atomic E-state index is 0.00583. The predicted molar refractivity (Wildman–Crippen MR) is 109 cm³/mol. The molecular formula is C22H18F3N5O2. The summed E-state index contributed by atoms with van der Waals surface area (Å²) in [6, 6.07) is 7.27. The maximum Gasteiger partial charge on any atom is 0.408 e. The van der Waals surface area contributed by atoms with Crippen molar-refractivity contribution < 1.29 is 22.4 Å². The number of alkyl halides is 3. The Hall–Kier alpha value is -3.69. The van der Waals surface area contributed by atoms with Crippen LogP contribution in [0.3, 0.4) is 0 Å². The van der Waals surface area contributed by atoms with Crippen LogP contribution in [0, 0.1) is 12.8 Å². The van der Waals surface area contributed by atoms with Gasteiger partial charge >= 0.3 is 6.18 Å². The molecule has 1 amide bonds. The van der Waals surface area contributed by atoms with Crippen molar-refractivity contribution in [3.63, 3.8) is 0 Å². The lowest BCUT2D eigenvalue weighted by atomic mass is 10.1. The summed E-state index contributed by atoms with van der Waals surface area (Å²) < 4.78 is 46.9. The van der Waals surface area contributed by atoms with Crippen LogP contribution in [-0.4, -0.2) is 37.7 Å². The highest BCUT2D eigenvalue weighted by molar-refractivity contribution is 6.00. The van der Waals surface area contributed by atoms with Crippen LogP contribution in [0.25, 0.3) is 28.4 Å². The third kappa shape index (κ3) is 3.72. The lowest BCUT2D eigenvalue weighted by molar-refractivity contribution is -0.158. The molecule has 10 heteroatoms. The Morgan fingerprint density at radius 3 is 2.72 bits per heavy atom. The molecule has 5 rings (SSSR count). The second-order valence-electron chi connectivity index (χ2n) is 7.82. The molecule has 1 unspecified atom stereocenters. The standard InChI is InChI=1S/C22H18F3N5O2/c1-12-9-17(14-3-2-4-15(10-14)21-26-7-8-32-21)28-19-16(11-27-30(12)19)20(31)29-18(13-5-6-13)22(23,24)25/h2-4,7-11,13,18H,5-6H2,1H3,(H,29,31). The number of hydrogen-bond acceptors (Lipinski definition) is 5. The molecule has 1 saturated carbocycles. The number of carbonyl (C=O) groups excluding carboxylic acids is 1. The van der Waals surface area contributed by atoms with Crippen LogP contribution in [0.4, 0.5) is 13.2 Å². The van der Waals surface area contributed by atoms with E-state index in [1.807, 2.05) is 24.3 Å². The van der Waals surface area contributed by atoms with Crippen molar-refractivity contribution in [2.24, 2.45) is 5.92 Å². The van der Waals surface area contributed by atoms with Gasteiger partial charge in [0.25, 0.3) is 5.91 Å². The molecule has 1 aromatic carbocycles. The van der Waals surface area contributed by atoms with E-state index in [0.717, 1.165) is 11.1 Å². The van der Waals surface area contributed by atoms with Crippen molar-refractivity contribution in [2.75, 3.05) is 0 Å². The van der Waals surface area contributed by atoms with Gasteiger partial charge in [0, 0.05) is 16.8 Å². The molecule has 0 spiro atoms. The molecule has 32 heavy (non-hydrogen) atoms. The normalized spacial score (nSPS) is 15.1. The van der Waals surface area contributed by atoms with E-state index < -0.39 is 24.0 Å². The molecule has 3 heterocycles. The third-order valence-electron chi connectivity index (χ3n) is 5.46. The lowest BCUT2D eigenvalue weighted by Gasteiger charge is -2.20. The minimum atomic E-state index is -4.51. The molecular weight excluding hydrogens is 423 g/mol. The van der Waals surface area contributed by atoms with E-state index in [1.54, 1.807) is 19.2 Å². The number of aryl methyl sites for hydroxylation is 1. The van der Waals surface area contributed by atoms with Crippen molar-refractivity contribution in [3.8, 4) is 22.7 Å². The van der Waals surface area contributed by atoms with Gasteiger partial charge in [-0.2, -0.15) is 18.3 Å². The fraction of sp³-hybridized carbons (Fsp3) is 0.273. The summed E-state index contributed by atoms with van der Waals surface area (Å²) in [6.45, 7) is 1.79. The Bertz CT molecular complexity index is 1290. The van der Waals surface area contributed by atoms with E-state index in [4.69, 9.17) is 4.42 Å². The van der Waals surface area contributed by atoms with E-state index in [0.29, 0.717) is 30.1 Å². The first-order chi connectivity index (χ1) is 15.3. The second-order valence-corrected chi connectivity index (χ2v) is 7.82. The quantitative estimate of drug-likeness (QED) is 0.495. The van der Waals surface area contributed by atoms with Crippen molar-refractivity contribution >= 4 is 11.6 Å². The van der Waals surface area contributed by atoms with Crippen LogP contribution in [0.1, 0.15) is 28.9 Å². The molecule has 0 aliphatic heterocycles. The van der Waals surface area contributed by atoms with Gasteiger partial charge in [0.2, 0.25) is 5.89 Å². The average Bonchev–Trinajstić information content (AvgIpc) is 3.25. The number of nitrogens with zero attached hydrogens (tertiary/aromatic N) is 4. The zero-order chi connectivity index (χ0) is 22.5. The van der Waals surface area contributed by atoms with Crippen LogP contribution >= 0.6 is 0 Å². The lowest BCUT2D eigenvalue weighted by Crippen LogP contribution is -2.46. The zero-order valence-corrected chi connectivity index (χ0v) is 16.9. The van der Waals surface area contributed by atoms with E-state index >= 15 is 0 Å². The van der Waals surface area contributed by atoms with E-state index in [1.165, 1.54) is 17.0 Å². The van der Waals surface area contributed by atoms with Gasteiger partial charge in [-0.3, -0.25) is 4.79 Å². The van der Waals surface area contributed by atoms with Crippen molar-refractivity contribution in [3.05, 3.63) is 60.2 Å². The molecule has 1 aliphatic rings. The van der Waals surface area contributed by atoms with Crippen LogP contribution in [0.15, 0.2) is 53.4 Å². The second kappa shape index (κ2) is 7.47. The number of nitrogens with one attached hydrogen (secondary N) is 1. The molecule has 0 saturated heterocycles. The van der Waals surface area contributed by atoms with Gasteiger partial charge in [0.05, 0.1) is 18.1 Å². The maximum atomic E-state index is 13.4. The third-order valence-corrected chi connectivity index (χ3v) is 5.46. The topological polar surface area (TPSA) is 85.3 Å². The van der Waals surface area contributed by atoms with Crippen LogP contribution < -0.4 is 5.32 Å². The minimum Gasteiger partial charge on any atom is -0.445 e. The highest BCUT2D eigenvalue weighted by atomic mass is 19.4. The predicted octanol–water partition coefficient (Wildman–Crippen LogP) is 4.43. The molecule has 0 radical (unpaired) electrons. The van der Waals surface area contributed by atoms with Gasteiger partial charge in [-0.15, -0.1) is 0 Å². The fourth-order valence-corrected chi connectivity index (χ4v) is 3.71. The van der Waals surface area contributed by atoms with Crippen LogP contribution in [-0.2, 0) is 0 Å². The van der Waals surface area contributed by atoms with E-state index in [-0.39, 0.29) is 11.2 Å². The Labute approximate surface area is 180 Å². The fourth-order valence-electron chi connectivity index (χ4n) is 3.71. The van der Waals surface area contributed by atoms with Gasteiger partial charge in [-0.05, 0) is 43.9 Å². The van der Waals surface area contributed by atoms with Gasteiger partial charge < -0.3 is 9.73 Å². The summed E-state index contributed by atoms with van der Waals surface area (Å²) in [7, 11) is 0. The number of fused-ring (bicyclic) bond motifs is 1. The summed E-state index contributed by atoms with van der Waals surface area (Å²) in [5.41, 5.74) is 2.90. The SMILES string of the molecule is Cc1cc(-c2cccc(-c3ncco3)c2)nc2c(C(=O)NC(C3CC3)C(F)(F)F)cnn12. The number of benzene rings is 1. The zero-order valence-electron chi connectivity index (χ0n) is 16.9. The summed E-state index contributed by atoms with van der Waals surface area (Å²) in [6.07, 6.45) is 0.655. The average molecular weight is 441 g/mol. The highest BCUT2D eigenvalue weighted by Crippen LogP contribution is 2.40. The monoisotopic (exact) mass is 441 g/mol. The Balaban J connectivity index is 1.52. The largest absolute Gasteiger partial charge is 0.445 e. The smallest absolute Gasteiger partial charge is 0.408 e. The van der Waals surface area contributed by atoms with Gasteiger partial charge in [-0.25, -0.2) is 14.5 Å². The molecule has 3 aromatic heterocycles. The number of hydrogen-bond donors (Lipinski definition) is 1. The Morgan fingerprint density at radius 1 is 1.25 bits per heavy atom. The molecule has 164 valence electrons. The molecule has 1 fully saturated rings. The van der Waals surface area contributed by atoms with Gasteiger partial charge in [-0.1, -0.05) is 12.1 Å². The van der Waals surface area contributed by atoms with E-state index in [2.05, 4.69) is 20.4 Å². The highest BCUT2D eigenvalue weighted by Gasteiger charge is 2.49. The first-order valence-electron chi connectivity index (χ1n) is 10.0. The number of rotatable bonds is 5. The Kier molecular flexibility index (Phi) is 4.72. The summed E-state index contributed by atoms with van der Waals surface area (Å²) in [5, 5.41) is 6.29. The summed E-state index contributed by atoms with van der Waals surface area (Å²) in [4.78, 5) is 21.4. The van der Waals surface area contributed by atoms with E-state index in [9.17, 15) is 18.0 Å².